The summed E-state index contributed by atoms with van der Waals surface area (Å²) in [5.41, 5.74) is 8.33. The molecule has 86 valence electrons. The first kappa shape index (κ1) is 11.0. The van der Waals surface area contributed by atoms with Crippen molar-refractivity contribution in [1.29, 1.82) is 0 Å². The zero-order chi connectivity index (χ0) is 11.7. The van der Waals surface area contributed by atoms with Gasteiger partial charge in [-0.3, -0.25) is 4.79 Å². The Kier molecular flexibility index (Phi) is 2.86. The van der Waals surface area contributed by atoms with Crippen LogP contribution in [0.3, 0.4) is 0 Å². The lowest BCUT2D eigenvalue weighted by Crippen LogP contribution is -2.37. The number of benzene rings is 1. The van der Waals surface area contributed by atoms with Crippen molar-refractivity contribution in [3.8, 4) is 0 Å². The Bertz CT molecular complexity index is 412. The van der Waals surface area contributed by atoms with E-state index in [2.05, 4.69) is 0 Å². The van der Waals surface area contributed by atoms with Crippen molar-refractivity contribution in [2.75, 3.05) is 12.3 Å². The number of nitrogens with two attached hydrogens (primary N) is 1. The highest BCUT2D eigenvalue weighted by molar-refractivity contribution is 6.01. The van der Waals surface area contributed by atoms with Crippen LogP contribution in [0.5, 0.6) is 0 Å². The van der Waals surface area contributed by atoms with Crippen LogP contribution in [0.1, 0.15) is 36.2 Å². The molecule has 16 heavy (non-hydrogen) atoms. The van der Waals surface area contributed by atoms with Crippen LogP contribution < -0.4 is 5.73 Å². The number of rotatable bonds is 1. The minimum atomic E-state index is 0.0839. The maximum atomic E-state index is 12.3. The number of hydrogen-bond donors (Lipinski definition) is 1. The Balaban J connectivity index is 2.47. The third kappa shape index (κ3) is 1.77. The number of amides is 1. The maximum absolute atomic E-state index is 12.3. The van der Waals surface area contributed by atoms with Gasteiger partial charge in [0.2, 0.25) is 0 Å². The molecule has 0 radical (unpaired) electrons. The van der Waals surface area contributed by atoms with Crippen molar-refractivity contribution in [2.24, 2.45) is 0 Å². The zero-order valence-electron chi connectivity index (χ0n) is 9.86. The molecule has 1 heterocycles. The molecule has 0 spiro atoms. The fourth-order valence-corrected chi connectivity index (χ4v) is 2.27. The predicted octanol–water partition coefficient (Wildman–Crippen LogP) is 2.07. The Morgan fingerprint density at radius 1 is 1.38 bits per heavy atom. The first-order valence-corrected chi connectivity index (χ1v) is 5.79. The Hall–Kier alpha value is -1.51. The number of aryl methyl sites for hydroxylation is 1. The molecule has 3 heteroatoms. The van der Waals surface area contributed by atoms with E-state index in [-0.39, 0.29) is 11.9 Å². The quantitative estimate of drug-likeness (QED) is 0.733. The van der Waals surface area contributed by atoms with E-state index in [0.717, 1.165) is 24.9 Å². The number of nitrogens with zero attached hydrogens (tertiary/aromatic N) is 1. The van der Waals surface area contributed by atoms with Crippen LogP contribution in [0, 0.1) is 0 Å². The summed E-state index contributed by atoms with van der Waals surface area (Å²) in [6.07, 6.45) is 1.95. The summed E-state index contributed by atoms with van der Waals surface area (Å²) >= 11 is 0. The van der Waals surface area contributed by atoms with Gasteiger partial charge in [-0.2, -0.15) is 0 Å². The molecule has 2 N–H and O–H groups in total. The predicted molar refractivity (Wildman–Crippen MR) is 65.3 cm³/mol. The SMILES string of the molecule is CC(C)N1CCCc2cccc(N)c2C1=O. The molecule has 1 aliphatic heterocycles. The van der Waals surface area contributed by atoms with Crippen molar-refractivity contribution < 1.29 is 4.79 Å². The molecule has 3 nitrogen and oxygen atoms in total. The van der Waals surface area contributed by atoms with Gasteiger partial charge in [-0.15, -0.1) is 0 Å². The van der Waals surface area contributed by atoms with Gasteiger partial charge in [0.05, 0.1) is 5.56 Å². The molecule has 1 aliphatic rings. The highest BCUT2D eigenvalue weighted by Gasteiger charge is 2.25. The average Bonchev–Trinajstić information content (AvgIpc) is 2.38. The van der Waals surface area contributed by atoms with Gasteiger partial charge in [0.25, 0.3) is 5.91 Å². The second kappa shape index (κ2) is 4.16. The van der Waals surface area contributed by atoms with E-state index in [1.54, 1.807) is 6.07 Å². The van der Waals surface area contributed by atoms with Gasteiger partial charge in [0.15, 0.2) is 0 Å². The number of anilines is 1. The molecule has 0 fully saturated rings. The number of nitrogen functional groups attached to an aromatic ring is 1. The maximum Gasteiger partial charge on any atom is 0.256 e. The van der Waals surface area contributed by atoms with Crippen LogP contribution in [-0.2, 0) is 6.42 Å². The summed E-state index contributed by atoms with van der Waals surface area (Å²) in [6.45, 7) is 4.91. The van der Waals surface area contributed by atoms with Gasteiger partial charge in [-0.05, 0) is 38.3 Å². The largest absolute Gasteiger partial charge is 0.398 e. The molecule has 0 saturated carbocycles. The number of carbonyl (C=O) groups excluding carboxylic acids is 1. The Labute approximate surface area is 96.2 Å². The van der Waals surface area contributed by atoms with Gasteiger partial charge in [-0.25, -0.2) is 0 Å². The van der Waals surface area contributed by atoms with E-state index >= 15 is 0 Å². The molecular weight excluding hydrogens is 200 g/mol. The average molecular weight is 218 g/mol. The lowest BCUT2D eigenvalue weighted by Gasteiger charge is -2.25. The third-order valence-corrected chi connectivity index (χ3v) is 3.13. The summed E-state index contributed by atoms with van der Waals surface area (Å²) in [7, 11) is 0. The standard InChI is InChI=1S/C13H18N2O/c1-9(2)15-8-4-6-10-5-3-7-11(14)12(10)13(15)16/h3,5,7,9H,4,6,8,14H2,1-2H3. The fraction of sp³-hybridized carbons (Fsp3) is 0.462. The lowest BCUT2D eigenvalue weighted by molar-refractivity contribution is 0.0713. The van der Waals surface area contributed by atoms with E-state index in [1.165, 1.54) is 0 Å². The molecule has 1 aromatic carbocycles. The van der Waals surface area contributed by atoms with Crippen molar-refractivity contribution in [2.45, 2.75) is 32.7 Å². The highest BCUT2D eigenvalue weighted by atomic mass is 16.2. The summed E-state index contributed by atoms with van der Waals surface area (Å²) < 4.78 is 0. The molecule has 1 aromatic rings. The van der Waals surface area contributed by atoms with Crippen molar-refractivity contribution >= 4 is 11.6 Å². The van der Waals surface area contributed by atoms with E-state index < -0.39 is 0 Å². The Morgan fingerprint density at radius 2 is 2.12 bits per heavy atom. The topological polar surface area (TPSA) is 46.3 Å². The van der Waals surface area contributed by atoms with Gasteiger partial charge >= 0.3 is 0 Å². The van der Waals surface area contributed by atoms with Crippen LogP contribution in [0.4, 0.5) is 5.69 Å². The zero-order valence-corrected chi connectivity index (χ0v) is 9.86. The second-order valence-electron chi connectivity index (χ2n) is 4.58. The van der Waals surface area contributed by atoms with Crippen LogP contribution in [-0.4, -0.2) is 23.4 Å². The minimum absolute atomic E-state index is 0.0839. The molecule has 2 rings (SSSR count). The van der Waals surface area contributed by atoms with E-state index in [9.17, 15) is 4.79 Å². The highest BCUT2D eigenvalue weighted by Crippen LogP contribution is 2.24. The number of hydrogen-bond acceptors (Lipinski definition) is 2. The molecule has 0 aromatic heterocycles. The first-order valence-electron chi connectivity index (χ1n) is 5.79. The van der Waals surface area contributed by atoms with Gasteiger partial charge in [0, 0.05) is 18.3 Å². The van der Waals surface area contributed by atoms with Crippen molar-refractivity contribution in [1.82, 2.24) is 4.90 Å². The first-order chi connectivity index (χ1) is 7.61. The summed E-state index contributed by atoms with van der Waals surface area (Å²) in [5, 5.41) is 0. The molecular formula is C13H18N2O. The summed E-state index contributed by atoms with van der Waals surface area (Å²) in [6, 6.07) is 5.97. The molecule has 0 saturated heterocycles. The molecule has 1 amide bonds. The molecule has 0 aliphatic carbocycles. The third-order valence-electron chi connectivity index (χ3n) is 3.13. The number of fused-ring (bicyclic) bond motifs is 1. The van der Waals surface area contributed by atoms with Gasteiger partial charge < -0.3 is 10.6 Å². The molecule has 0 unspecified atom stereocenters. The summed E-state index contributed by atoms with van der Waals surface area (Å²) in [5.74, 6) is 0.0839. The van der Waals surface area contributed by atoms with Crippen LogP contribution in [0.2, 0.25) is 0 Å². The van der Waals surface area contributed by atoms with Crippen LogP contribution in [0.25, 0.3) is 0 Å². The monoisotopic (exact) mass is 218 g/mol. The van der Waals surface area contributed by atoms with E-state index in [4.69, 9.17) is 5.73 Å². The smallest absolute Gasteiger partial charge is 0.256 e. The van der Waals surface area contributed by atoms with E-state index in [0.29, 0.717) is 11.3 Å². The van der Waals surface area contributed by atoms with Crippen molar-refractivity contribution in [3.05, 3.63) is 29.3 Å². The summed E-state index contributed by atoms with van der Waals surface area (Å²) in [4.78, 5) is 14.2. The molecule has 0 atom stereocenters. The van der Waals surface area contributed by atoms with Crippen LogP contribution >= 0.6 is 0 Å². The fourth-order valence-electron chi connectivity index (χ4n) is 2.27. The normalized spacial score (nSPS) is 16.2. The number of carbonyl (C=O) groups is 1. The van der Waals surface area contributed by atoms with Gasteiger partial charge in [0.1, 0.15) is 0 Å². The van der Waals surface area contributed by atoms with Gasteiger partial charge in [-0.1, -0.05) is 12.1 Å². The second-order valence-corrected chi connectivity index (χ2v) is 4.58. The van der Waals surface area contributed by atoms with E-state index in [1.807, 2.05) is 30.9 Å². The lowest BCUT2D eigenvalue weighted by atomic mass is 10.0. The van der Waals surface area contributed by atoms with Crippen LogP contribution in [0.15, 0.2) is 18.2 Å². The minimum Gasteiger partial charge on any atom is -0.398 e. The van der Waals surface area contributed by atoms with Crippen molar-refractivity contribution in [3.63, 3.8) is 0 Å². The Morgan fingerprint density at radius 3 is 2.81 bits per heavy atom. The molecule has 0 bridgehead atoms.